The lowest BCUT2D eigenvalue weighted by Gasteiger charge is -2.06. The molecule has 0 aliphatic rings. The predicted octanol–water partition coefficient (Wildman–Crippen LogP) is 5.95. The maximum Gasteiger partial charge on any atom is 0.0945 e. The van der Waals surface area contributed by atoms with Gasteiger partial charge in [0.15, 0.2) is 0 Å². The third kappa shape index (κ3) is 4.42. The predicted molar refractivity (Wildman–Crippen MR) is 112 cm³/mol. The van der Waals surface area contributed by atoms with Crippen LogP contribution in [-0.4, -0.2) is 14.1 Å². The highest BCUT2D eigenvalue weighted by molar-refractivity contribution is 6.30. The van der Waals surface area contributed by atoms with Gasteiger partial charge in [-0.3, -0.25) is 0 Å². The number of benzene rings is 2. The minimum absolute atomic E-state index is 0.789. The van der Waals surface area contributed by atoms with Crippen molar-refractivity contribution in [2.45, 2.75) is 38.8 Å². The van der Waals surface area contributed by atoms with E-state index in [2.05, 4.69) is 56.7 Å². The fourth-order valence-corrected chi connectivity index (χ4v) is 3.77. The smallest absolute Gasteiger partial charge is 0.0945 e. The molecular weight excluding hydrogens is 354 g/mol. The lowest BCUT2D eigenvalue weighted by molar-refractivity contribution is 0.551. The molecule has 27 heavy (non-hydrogen) atoms. The minimum atomic E-state index is 0.789. The topological polar surface area (TPSA) is 22.8 Å². The van der Waals surface area contributed by atoms with Gasteiger partial charge >= 0.3 is 0 Å². The van der Waals surface area contributed by atoms with Gasteiger partial charge in [-0.1, -0.05) is 41.9 Å². The zero-order chi connectivity index (χ0) is 18.5. The minimum Gasteiger partial charge on any atom is -0.347 e. The summed E-state index contributed by atoms with van der Waals surface area (Å²) in [4.78, 5) is 4.10. The van der Waals surface area contributed by atoms with Crippen molar-refractivity contribution < 1.29 is 0 Å². The number of unbranched alkanes of at least 4 members (excludes halogenated alkanes) is 2. The van der Waals surface area contributed by atoms with E-state index in [1.54, 1.807) is 0 Å². The molecule has 4 heteroatoms. The van der Waals surface area contributed by atoms with Gasteiger partial charge in [0.2, 0.25) is 0 Å². The fourth-order valence-electron chi connectivity index (χ4n) is 3.64. The summed E-state index contributed by atoms with van der Waals surface area (Å²) in [5, 5.41) is 2.14. The second kappa shape index (κ2) is 8.45. The molecule has 2 aromatic heterocycles. The molecule has 0 amide bonds. The number of hydrogen-bond donors (Lipinski definition) is 0. The molecule has 0 saturated carbocycles. The average Bonchev–Trinajstić information content (AvgIpc) is 3.32. The van der Waals surface area contributed by atoms with Gasteiger partial charge in [-0.05, 0) is 55.0 Å². The van der Waals surface area contributed by atoms with Crippen LogP contribution in [-0.2, 0) is 19.5 Å². The fraction of sp³-hybridized carbons (Fsp3) is 0.261. The van der Waals surface area contributed by atoms with Crippen molar-refractivity contribution in [3.8, 4) is 0 Å². The van der Waals surface area contributed by atoms with Gasteiger partial charge in [-0.25, -0.2) is 4.98 Å². The first kappa shape index (κ1) is 17.9. The van der Waals surface area contributed by atoms with Gasteiger partial charge in [0.1, 0.15) is 0 Å². The lowest BCUT2D eigenvalue weighted by Crippen LogP contribution is -1.98. The normalized spacial score (nSPS) is 11.3. The van der Waals surface area contributed by atoms with Crippen molar-refractivity contribution in [3.05, 3.63) is 89.6 Å². The first-order valence-corrected chi connectivity index (χ1v) is 9.94. The first-order chi connectivity index (χ1) is 13.3. The Morgan fingerprint density at radius 3 is 2.52 bits per heavy atom. The van der Waals surface area contributed by atoms with Crippen LogP contribution in [0.15, 0.2) is 73.4 Å². The first-order valence-electron chi connectivity index (χ1n) is 9.56. The monoisotopic (exact) mass is 377 g/mol. The molecule has 0 atom stereocenters. The van der Waals surface area contributed by atoms with Crippen LogP contribution in [0.1, 0.15) is 30.4 Å². The Labute approximate surface area is 165 Å². The second-order valence-electron chi connectivity index (χ2n) is 7.03. The van der Waals surface area contributed by atoms with Crippen LogP contribution in [0.3, 0.4) is 0 Å². The molecule has 4 aromatic rings. The summed E-state index contributed by atoms with van der Waals surface area (Å²) in [5.74, 6) is 0. The van der Waals surface area contributed by atoms with Gasteiger partial charge in [0.25, 0.3) is 0 Å². The number of aryl methyl sites for hydroxylation is 2. The molecule has 2 heterocycles. The molecule has 3 nitrogen and oxygen atoms in total. The van der Waals surface area contributed by atoms with Crippen LogP contribution in [0.2, 0.25) is 5.02 Å². The van der Waals surface area contributed by atoms with Gasteiger partial charge < -0.3 is 9.13 Å². The highest BCUT2D eigenvalue weighted by Gasteiger charge is 2.08. The molecule has 0 aliphatic heterocycles. The van der Waals surface area contributed by atoms with Crippen LogP contribution in [0, 0.1) is 0 Å². The zero-order valence-corrected chi connectivity index (χ0v) is 16.1. The molecule has 4 rings (SSSR count). The number of nitrogens with zero attached hydrogens (tertiary/aromatic N) is 3. The summed E-state index contributed by atoms with van der Waals surface area (Å²) in [6.07, 6.45) is 12.6. The SMILES string of the molecule is Clc1ccc(Cc2cn(CCCCCn3ccnc3)c3ccccc23)cc1. The highest BCUT2D eigenvalue weighted by atomic mass is 35.5. The Hall–Kier alpha value is -2.52. The van der Waals surface area contributed by atoms with E-state index in [9.17, 15) is 0 Å². The van der Waals surface area contributed by atoms with Crippen molar-refractivity contribution in [1.29, 1.82) is 0 Å². The third-order valence-corrected chi connectivity index (χ3v) is 5.31. The van der Waals surface area contributed by atoms with E-state index in [-0.39, 0.29) is 0 Å². The maximum atomic E-state index is 6.02. The number of fused-ring (bicyclic) bond motifs is 1. The van der Waals surface area contributed by atoms with E-state index in [1.165, 1.54) is 41.3 Å². The molecular formula is C23H24ClN3. The molecule has 0 unspecified atom stereocenters. The Kier molecular flexibility index (Phi) is 5.59. The molecule has 0 spiro atoms. The van der Waals surface area contributed by atoms with Gasteiger partial charge in [0.05, 0.1) is 6.33 Å². The standard InChI is InChI=1S/C23H24ClN3/c24-21-10-8-19(9-11-21)16-20-17-27(23-7-3-2-6-22(20)23)14-5-1-4-13-26-15-12-25-18-26/h2-3,6-12,15,17-18H,1,4-5,13-14,16H2. The Morgan fingerprint density at radius 2 is 1.70 bits per heavy atom. The van der Waals surface area contributed by atoms with E-state index in [4.69, 9.17) is 11.6 Å². The van der Waals surface area contributed by atoms with E-state index >= 15 is 0 Å². The number of para-hydroxylation sites is 1. The number of aromatic nitrogens is 3. The third-order valence-electron chi connectivity index (χ3n) is 5.05. The summed E-state index contributed by atoms with van der Waals surface area (Å²) in [7, 11) is 0. The summed E-state index contributed by atoms with van der Waals surface area (Å²) in [6.45, 7) is 2.11. The molecule has 0 N–H and O–H groups in total. The Morgan fingerprint density at radius 1 is 0.889 bits per heavy atom. The highest BCUT2D eigenvalue weighted by Crippen LogP contribution is 2.25. The Bertz CT molecular complexity index is 984. The van der Waals surface area contributed by atoms with Crippen LogP contribution >= 0.6 is 11.6 Å². The van der Waals surface area contributed by atoms with Crippen molar-refractivity contribution in [2.24, 2.45) is 0 Å². The van der Waals surface area contributed by atoms with Crippen molar-refractivity contribution >= 4 is 22.5 Å². The maximum absolute atomic E-state index is 6.02. The average molecular weight is 378 g/mol. The van der Waals surface area contributed by atoms with Crippen molar-refractivity contribution in [1.82, 2.24) is 14.1 Å². The van der Waals surface area contributed by atoms with Gasteiger partial charge in [-0.2, -0.15) is 0 Å². The van der Waals surface area contributed by atoms with Crippen LogP contribution in [0.25, 0.3) is 10.9 Å². The largest absolute Gasteiger partial charge is 0.347 e. The zero-order valence-electron chi connectivity index (χ0n) is 15.4. The van der Waals surface area contributed by atoms with E-state index in [0.29, 0.717) is 0 Å². The molecule has 0 bridgehead atoms. The summed E-state index contributed by atoms with van der Waals surface area (Å²) in [6, 6.07) is 16.9. The second-order valence-corrected chi connectivity index (χ2v) is 7.47. The summed E-state index contributed by atoms with van der Waals surface area (Å²) in [5.41, 5.74) is 4.00. The molecule has 0 saturated heterocycles. The summed E-state index contributed by atoms with van der Waals surface area (Å²) >= 11 is 6.02. The van der Waals surface area contributed by atoms with Gasteiger partial charge in [-0.15, -0.1) is 0 Å². The molecule has 0 fully saturated rings. The van der Waals surface area contributed by atoms with E-state index in [0.717, 1.165) is 24.5 Å². The number of imidazole rings is 1. The molecule has 0 aliphatic carbocycles. The van der Waals surface area contributed by atoms with E-state index < -0.39 is 0 Å². The van der Waals surface area contributed by atoms with Gasteiger partial charge in [0, 0.05) is 47.6 Å². The van der Waals surface area contributed by atoms with Crippen molar-refractivity contribution in [3.63, 3.8) is 0 Å². The number of halogens is 1. The molecule has 138 valence electrons. The van der Waals surface area contributed by atoms with Crippen LogP contribution < -0.4 is 0 Å². The summed E-state index contributed by atoms with van der Waals surface area (Å²) < 4.78 is 4.56. The Balaban J connectivity index is 1.42. The van der Waals surface area contributed by atoms with Crippen LogP contribution in [0.5, 0.6) is 0 Å². The number of rotatable bonds is 8. The van der Waals surface area contributed by atoms with Crippen LogP contribution in [0.4, 0.5) is 0 Å². The van der Waals surface area contributed by atoms with Crippen molar-refractivity contribution in [2.75, 3.05) is 0 Å². The van der Waals surface area contributed by atoms with E-state index in [1.807, 2.05) is 30.9 Å². The number of hydrogen-bond acceptors (Lipinski definition) is 1. The lowest BCUT2D eigenvalue weighted by atomic mass is 10.0. The quantitative estimate of drug-likeness (QED) is 0.348. The molecule has 2 aromatic carbocycles. The molecule has 0 radical (unpaired) electrons.